The fourth-order valence-corrected chi connectivity index (χ4v) is 4.68. The fraction of sp³-hybridized carbons (Fsp3) is 0.321. The summed E-state index contributed by atoms with van der Waals surface area (Å²) in [6, 6.07) is 13.8. The number of hydrogen-bond donors (Lipinski definition) is 0. The van der Waals surface area contributed by atoms with E-state index in [4.69, 9.17) is 14.2 Å². The van der Waals surface area contributed by atoms with Crippen molar-refractivity contribution in [2.45, 2.75) is 44.7 Å². The highest BCUT2D eigenvalue weighted by molar-refractivity contribution is 7.82. The number of carbonyl (C=O) groups excluding carboxylic acids is 1. The number of nitrogens with zero attached hydrogens (tertiary/aromatic N) is 1. The second-order valence-electron chi connectivity index (χ2n) is 9.53. The van der Waals surface area contributed by atoms with Crippen molar-refractivity contribution < 1.29 is 32.0 Å². The molecule has 0 saturated heterocycles. The zero-order chi connectivity index (χ0) is 27.3. The van der Waals surface area contributed by atoms with Gasteiger partial charge in [-0.1, -0.05) is 6.07 Å². The molecule has 0 aliphatic carbocycles. The Bertz CT molecular complexity index is 1310. The van der Waals surface area contributed by atoms with Gasteiger partial charge in [-0.2, -0.15) is 0 Å². The third-order valence-corrected chi connectivity index (χ3v) is 6.60. The maximum absolute atomic E-state index is 14.3. The Morgan fingerprint density at radius 2 is 1.76 bits per heavy atom. The minimum Gasteiger partial charge on any atom is -0.497 e. The minimum absolute atomic E-state index is 0.273. The SMILES string of the molecule is COc1cc(F)cc(-c2cc(CN(C)S(=O)c3ccc(F)c(C)c3)ccc2OCC(=O)OC(C)(C)C)c1. The first-order valence-electron chi connectivity index (χ1n) is 11.6. The first-order chi connectivity index (χ1) is 17.4. The Balaban J connectivity index is 1.91. The van der Waals surface area contributed by atoms with E-state index in [-0.39, 0.29) is 19.0 Å². The molecule has 6 nitrogen and oxygen atoms in total. The van der Waals surface area contributed by atoms with E-state index < -0.39 is 28.4 Å². The summed E-state index contributed by atoms with van der Waals surface area (Å²) in [5.74, 6) is -0.726. The lowest BCUT2D eigenvalue weighted by Crippen LogP contribution is -2.27. The van der Waals surface area contributed by atoms with Gasteiger partial charge in [0.1, 0.15) is 39.7 Å². The molecule has 9 heteroatoms. The van der Waals surface area contributed by atoms with Gasteiger partial charge in [0.15, 0.2) is 6.61 Å². The van der Waals surface area contributed by atoms with Gasteiger partial charge in [0.2, 0.25) is 0 Å². The average molecular weight is 532 g/mol. The third kappa shape index (κ3) is 7.84. The second-order valence-corrected chi connectivity index (χ2v) is 11.1. The lowest BCUT2D eigenvalue weighted by atomic mass is 10.0. The maximum atomic E-state index is 14.3. The van der Waals surface area contributed by atoms with Crippen LogP contribution in [0.15, 0.2) is 59.5 Å². The van der Waals surface area contributed by atoms with E-state index in [2.05, 4.69) is 0 Å². The Morgan fingerprint density at radius 3 is 2.41 bits per heavy atom. The molecule has 0 saturated carbocycles. The summed E-state index contributed by atoms with van der Waals surface area (Å²) in [4.78, 5) is 12.7. The summed E-state index contributed by atoms with van der Waals surface area (Å²) in [5, 5.41) is 0. The van der Waals surface area contributed by atoms with Crippen molar-refractivity contribution in [3.8, 4) is 22.6 Å². The molecule has 3 rings (SSSR count). The standard InChI is InChI=1S/C28H31F2NO5S/c1-18-11-23(8-9-25(18)30)37(33)31(5)16-19-7-10-26(35-17-27(32)36-28(2,3)4)24(12-19)20-13-21(29)15-22(14-20)34-6/h7-15H,16-17H2,1-6H3. The van der Waals surface area contributed by atoms with Crippen LogP contribution in [0.3, 0.4) is 0 Å². The average Bonchev–Trinajstić information content (AvgIpc) is 2.82. The highest BCUT2D eigenvalue weighted by Gasteiger charge is 2.19. The van der Waals surface area contributed by atoms with Crippen LogP contribution >= 0.6 is 0 Å². The normalized spacial score (nSPS) is 12.4. The van der Waals surface area contributed by atoms with Crippen molar-refractivity contribution in [3.05, 3.63) is 77.4 Å². The van der Waals surface area contributed by atoms with Gasteiger partial charge in [0.05, 0.1) is 12.0 Å². The van der Waals surface area contributed by atoms with Gasteiger partial charge in [0, 0.05) is 25.2 Å². The lowest BCUT2D eigenvalue weighted by molar-refractivity contribution is -0.157. The van der Waals surface area contributed by atoms with E-state index in [9.17, 15) is 17.8 Å². The summed E-state index contributed by atoms with van der Waals surface area (Å²) < 4.78 is 58.9. The van der Waals surface area contributed by atoms with Crippen molar-refractivity contribution in [3.63, 3.8) is 0 Å². The molecule has 0 spiro atoms. The van der Waals surface area contributed by atoms with Gasteiger partial charge in [-0.25, -0.2) is 22.1 Å². The van der Waals surface area contributed by atoms with Crippen LogP contribution < -0.4 is 9.47 Å². The molecular formula is C28H31F2NO5S. The summed E-state index contributed by atoms with van der Waals surface area (Å²) in [6.07, 6.45) is 0. The number of aryl methyl sites for hydroxylation is 1. The van der Waals surface area contributed by atoms with E-state index in [1.54, 1.807) is 69.4 Å². The number of hydrogen-bond acceptors (Lipinski definition) is 5. The lowest BCUT2D eigenvalue weighted by Gasteiger charge is -2.21. The number of methoxy groups -OCH3 is 1. The van der Waals surface area contributed by atoms with Gasteiger partial charge in [-0.05, 0) is 86.8 Å². The van der Waals surface area contributed by atoms with Crippen LogP contribution in [0, 0.1) is 18.6 Å². The molecule has 3 aromatic carbocycles. The molecule has 198 valence electrons. The van der Waals surface area contributed by atoms with Gasteiger partial charge >= 0.3 is 5.97 Å². The third-order valence-electron chi connectivity index (χ3n) is 5.25. The van der Waals surface area contributed by atoms with Gasteiger partial charge < -0.3 is 14.2 Å². The van der Waals surface area contributed by atoms with Crippen molar-refractivity contribution in [1.82, 2.24) is 4.31 Å². The molecule has 0 bridgehead atoms. The largest absolute Gasteiger partial charge is 0.497 e. The molecule has 0 aliphatic heterocycles. The van der Waals surface area contributed by atoms with E-state index >= 15 is 0 Å². The van der Waals surface area contributed by atoms with Crippen molar-refractivity contribution in [2.24, 2.45) is 0 Å². The minimum atomic E-state index is -1.54. The molecule has 1 atom stereocenters. The molecule has 0 N–H and O–H groups in total. The molecule has 1 unspecified atom stereocenters. The van der Waals surface area contributed by atoms with E-state index in [1.807, 2.05) is 0 Å². The molecule has 3 aromatic rings. The van der Waals surface area contributed by atoms with Crippen LogP contribution in [0.1, 0.15) is 31.9 Å². The Kier molecular flexibility index (Phi) is 9.04. The highest BCUT2D eigenvalue weighted by atomic mass is 32.2. The zero-order valence-electron chi connectivity index (χ0n) is 21.8. The predicted molar refractivity (Wildman–Crippen MR) is 139 cm³/mol. The number of benzene rings is 3. The molecule has 0 fully saturated rings. The Labute approximate surface area is 218 Å². The number of ether oxygens (including phenoxy) is 3. The first-order valence-corrected chi connectivity index (χ1v) is 12.7. The Morgan fingerprint density at radius 1 is 1.03 bits per heavy atom. The smallest absolute Gasteiger partial charge is 0.344 e. The van der Waals surface area contributed by atoms with Crippen LogP contribution in [0.4, 0.5) is 8.78 Å². The molecule has 0 radical (unpaired) electrons. The predicted octanol–water partition coefficient (Wildman–Crippen LogP) is 5.82. The number of esters is 1. The molecule has 0 amide bonds. The van der Waals surface area contributed by atoms with Crippen LogP contribution in [-0.4, -0.2) is 40.8 Å². The summed E-state index contributed by atoms with van der Waals surface area (Å²) in [7, 11) is 1.59. The second kappa shape index (κ2) is 11.8. The van der Waals surface area contributed by atoms with E-state index in [1.165, 1.54) is 31.4 Å². The van der Waals surface area contributed by atoms with Crippen molar-refractivity contribution in [2.75, 3.05) is 20.8 Å². The first kappa shape index (κ1) is 28.3. The van der Waals surface area contributed by atoms with Gasteiger partial charge in [0.25, 0.3) is 0 Å². The summed E-state index contributed by atoms with van der Waals surface area (Å²) in [6.45, 7) is 6.85. The molecule has 0 aliphatic rings. The molecular weight excluding hydrogens is 500 g/mol. The summed E-state index contributed by atoms with van der Waals surface area (Å²) in [5.41, 5.74) is 1.52. The number of carbonyl (C=O) groups is 1. The molecule has 37 heavy (non-hydrogen) atoms. The quantitative estimate of drug-likeness (QED) is 0.326. The van der Waals surface area contributed by atoms with Gasteiger partial charge in [-0.3, -0.25) is 0 Å². The van der Waals surface area contributed by atoms with Crippen LogP contribution in [0.2, 0.25) is 0 Å². The molecule has 0 aromatic heterocycles. The highest BCUT2D eigenvalue weighted by Crippen LogP contribution is 2.34. The molecule has 0 heterocycles. The topological polar surface area (TPSA) is 65.1 Å². The maximum Gasteiger partial charge on any atom is 0.344 e. The zero-order valence-corrected chi connectivity index (χ0v) is 22.6. The monoisotopic (exact) mass is 531 g/mol. The van der Waals surface area contributed by atoms with E-state index in [0.717, 1.165) is 5.56 Å². The fourth-order valence-electron chi connectivity index (χ4n) is 3.59. The number of halogens is 2. The van der Waals surface area contributed by atoms with Crippen LogP contribution in [0.5, 0.6) is 11.5 Å². The van der Waals surface area contributed by atoms with Crippen molar-refractivity contribution >= 4 is 17.0 Å². The van der Waals surface area contributed by atoms with Crippen LogP contribution in [0.25, 0.3) is 11.1 Å². The van der Waals surface area contributed by atoms with E-state index in [0.29, 0.717) is 33.1 Å². The van der Waals surface area contributed by atoms with Crippen LogP contribution in [-0.2, 0) is 27.1 Å². The Hall–Kier alpha value is -3.30. The number of rotatable bonds is 9. The van der Waals surface area contributed by atoms with Crippen molar-refractivity contribution in [1.29, 1.82) is 0 Å². The summed E-state index contributed by atoms with van der Waals surface area (Å²) >= 11 is 0. The van der Waals surface area contributed by atoms with Gasteiger partial charge in [-0.15, -0.1) is 0 Å².